The molecule has 0 heterocycles. The zero-order valence-electron chi connectivity index (χ0n) is 7.72. The van der Waals surface area contributed by atoms with Gasteiger partial charge in [-0.2, -0.15) is 0 Å². The fourth-order valence-corrected chi connectivity index (χ4v) is 3.07. The van der Waals surface area contributed by atoms with Gasteiger partial charge in [-0.1, -0.05) is 6.42 Å². The number of nitrogens with two attached hydrogens (primary N) is 1. The van der Waals surface area contributed by atoms with Crippen LogP contribution >= 0.6 is 0 Å². The van der Waals surface area contributed by atoms with Gasteiger partial charge in [0.05, 0.1) is 0 Å². The fourth-order valence-electron chi connectivity index (χ4n) is 3.07. The summed E-state index contributed by atoms with van der Waals surface area (Å²) in [5.74, 6) is 0.931. The average Bonchev–Trinajstić information content (AvgIpc) is 1.92. The molecule has 12 heavy (non-hydrogen) atoms. The van der Waals surface area contributed by atoms with E-state index in [0.717, 1.165) is 12.8 Å². The Labute approximate surface area is 73.5 Å². The lowest BCUT2D eigenvalue weighted by Gasteiger charge is -2.45. The van der Waals surface area contributed by atoms with Gasteiger partial charge < -0.3 is 5.73 Å². The van der Waals surface area contributed by atoms with Crippen LogP contribution in [-0.4, -0.2) is 11.7 Å². The van der Waals surface area contributed by atoms with E-state index < -0.39 is 5.67 Å². The molecule has 2 saturated carbocycles. The number of rotatable bonds is 0. The van der Waals surface area contributed by atoms with Crippen LogP contribution in [0.3, 0.4) is 0 Å². The van der Waals surface area contributed by atoms with Crippen molar-refractivity contribution in [1.29, 1.82) is 0 Å². The quantitative estimate of drug-likeness (QED) is 0.594. The van der Waals surface area contributed by atoms with Crippen LogP contribution in [0.2, 0.25) is 0 Å². The molecule has 0 aliphatic heterocycles. The lowest BCUT2D eigenvalue weighted by Crippen LogP contribution is -2.50. The van der Waals surface area contributed by atoms with Gasteiger partial charge >= 0.3 is 0 Å². The van der Waals surface area contributed by atoms with Gasteiger partial charge in [-0.3, -0.25) is 0 Å². The van der Waals surface area contributed by atoms with Crippen molar-refractivity contribution in [2.24, 2.45) is 17.6 Å². The highest BCUT2D eigenvalue weighted by molar-refractivity contribution is 4.97. The molecule has 2 heteroatoms. The monoisotopic (exact) mass is 171 g/mol. The molecule has 0 saturated heterocycles. The molecule has 0 aromatic heterocycles. The molecule has 2 N–H and O–H groups in total. The summed E-state index contributed by atoms with van der Waals surface area (Å²) in [6.07, 6.45) is 4.96. The van der Waals surface area contributed by atoms with Gasteiger partial charge in [0, 0.05) is 6.04 Å². The molecule has 0 aromatic rings. The largest absolute Gasteiger partial charge is 0.327 e. The maximum Gasteiger partial charge on any atom is 0.109 e. The number of hydrogen-bond acceptors (Lipinski definition) is 1. The van der Waals surface area contributed by atoms with Gasteiger partial charge in [0.2, 0.25) is 0 Å². The second-order valence-electron chi connectivity index (χ2n) is 4.85. The van der Waals surface area contributed by atoms with Gasteiger partial charge in [0.25, 0.3) is 0 Å². The summed E-state index contributed by atoms with van der Waals surface area (Å²) in [6, 6.07) is 0.294. The number of fused-ring (bicyclic) bond motifs is 2. The van der Waals surface area contributed by atoms with Gasteiger partial charge in [0.1, 0.15) is 5.67 Å². The number of halogens is 1. The van der Waals surface area contributed by atoms with E-state index in [0.29, 0.717) is 30.7 Å². The van der Waals surface area contributed by atoms with Crippen molar-refractivity contribution < 1.29 is 4.39 Å². The van der Waals surface area contributed by atoms with Crippen molar-refractivity contribution in [3.05, 3.63) is 0 Å². The Morgan fingerprint density at radius 1 is 1.25 bits per heavy atom. The molecule has 1 nitrogen and oxygen atoms in total. The summed E-state index contributed by atoms with van der Waals surface area (Å²) in [6.45, 7) is 1.74. The van der Waals surface area contributed by atoms with Crippen molar-refractivity contribution in [2.75, 3.05) is 0 Å². The lowest BCUT2D eigenvalue weighted by atomic mass is 9.64. The Morgan fingerprint density at radius 3 is 2.25 bits per heavy atom. The molecule has 2 atom stereocenters. The van der Waals surface area contributed by atoms with E-state index >= 15 is 0 Å². The molecule has 0 radical (unpaired) electrons. The molecule has 70 valence electrons. The topological polar surface area (TPSA) is 26.0 Å². The Morgan fingerprint density at radius 2 is 1.75 bits per heavy atom. The highest BCUT2D eigenvalue weighted by Gasteiger charge is 2.43. The minimum absolute atomic E-state index is 0.294. The second kappa shape index (κ2) is 2.69. The van der Waals surface area contributed by atoms with Crippen LogP contribution in [0.1, 0.15) is 39.0 Å². The third-order valence-electron chi connectivity index (χ3n) is 3.61. The maximum absolute atomic E-state index is 13.7. The SMILES string of the molecule is CC1(F)CC2CCCC(C1)C2N. The summed E-state index contributed by atoms with van der Waals surface area (Å²) in [7, 11) is 0. The van der Waals surface area contributed by atoms with E-state index in [1.807, 2.05) is 0 Å². The summed E-state index contributed by atoms with van der Waals surface area (Å²) in [5, 5.41) is 0. The fraction of sp³-hybridized carbons (Fsp3) is 1.00. The van der Waals surface area contributed by atoms with Crippen molar-refractivity contribution in [3.63, 3.8) is 0 Å². The molecule has 2 aliphatic carbocycles. The average molecular weight is 171 g/mol. The van der Waals surface area contributed by atoms with Crippen LogP contribution in [0.5, 0.6) is 0 Å². The van der Waals surface area contributed by atoms with Gasteiger partial charge in [-0.25, -0.2) is 4.39 Å². The van der Waals surface area contributed by atoms with Crippen molar-refractivity contribution >= 4 is 0 Å². The summed E-state index contributed by atoms with van der Waals surface area (Å²) in [5.41, 5.74) is 5.11. The maximum atomic E-state index is 13.7. The third-order valence-corrected chi connectivity index (χ3v) is 3.61. The predicted octanol–water partition coefficient (Wildman–Crippen LogP) is 2.25. The van der Waals surface area contributed by atoms with Crippen LogP contribution in [0, 0.1) is 11.8 Å². The highest BCUT2D eigenvalue weighted by atomic mass is 19.1. The smallest absolute Gasteiger partial charge is 0.109 e. The molecule has 2 fully saturated rings. The predicted molar refractivity (Wildman–Crippen MR) is 47.6 cm³/mol. The van der Waals surface area contributed by atoms with E-state index in [1.54, 1.807) is 6.92 Å². The summed E-state index contributed by atoms with van der Waals surface area (Å²) >= 11 is 0. The first-order valence-electron chi connectivity index (χ1n) is 5.03. The molecule has 2 bridgehead atoms. The lowest BCUT2D eigenvalue weighted by molar-refractivity contribution is 0.0163. The van der Waals surface area contributed by atoms with E-state index in [-0.39, 0.29) is 0 Å². The standard InChI is InChI=1S/C10H18FN/c1-10(11)5-7-3-2-4-8(6-10)9(7)12/h7-9H,2-6,12H2,1H3. The first-order chi connectivity index (χ1) is 5.58. The third kappa shape index (κ3) is 1.37. The molecule has 0 aromatic carbocycles. The molecular formula is C10H18FN. The molecule has 0 amide bonds. The van der Waals surface area contributed by atoms with Crippen LogP contribution in [-0.2, 0) is 0 Å². The molecular weight excluding hydrogens is 153 g/mol. The Kier molecular flexibility index (Phi) is 1.90. The summed E-state index contributed by atoms with van der Waals surface area (Å²) in [4.78, 5) is 0. The van der Waals surface area contributed by atoms with Gasteiger partial charge in [0.15, 0.2) is 0 Å². The molecule has 2 rings (SSSR count). The molecule has 2 unspecified atom stereocenters. The van der Waals surface area contributed by atoms with E-state index in [2.05, 4.69) is 0 Å². The molecule has 2 aliphatic rings. The zero-order chi connectivity index (χ0) is 8.77. The minimum Gasteiger partial charge on any atom is -0.327 e. The highest BCUT2D eigenvalue weighted by Crippen LogP contribution is 2.45. The van der Waals surface area contributed by atoms with Gasteiger partial charge in [-0.15, -0.1) is 0 Å². The summed E-state index contributed by atoms with van der Waals surface area (Å²) < 4.78 is 13.7. The second-order valence-corrected chi connectivity index (χ2v) is 4.85. The van der Waals surface area contributed by atoms with Crippen molar-refractivity contribution in [3.8, 4) is 0 Å². The Balaban J connectivity index is 2.12. The molecule has 0 spiro atoms. The van der Waals surface area contributed by atoms with E-state index in [1.165, 1.54) is 6.42 Å². The van der Waals surface area contributed by atoms with Crippen LogP contribution in [0.25, 0.3) is 0 Å². The van der Waals surface area contributed by atoms with Crippen LogP contribution < -0.4 is 5.73 Å². The van der Waals surface area contributed by atoms with E-state index in [9.17, 15) is 4.39 Å². The Bertz CT molecular complexity index is 163. The van der Waals surface area contributed by atoms with Crippen molar-refractivity contribution in [1.82, 2.24) is 0 Å². The number of alkyl halides is 1. The van der Waals surface area contributed by atoms with Gasteiger partial charge in [-0.05, 0) is 44.4 Å². The normalized spacial score (nSPS) is 53.8. The van der Waals surface area contributed by atoms with Crippen molar-refractivity contribution in [2.45, 2.75) is 50.7 Å². The van der Waals surface area contributed by atoms with E-state index in [4.69, 9.17) is 5.73 Å². The Hall–Kier alpha value is -0.110. The first-order valence-corrected chi connectivity index (χ1v) is 5.03. The van der Waals surface area contributed by atoms with Crippen LogP contribution in [0.4, 0.5) is 4.39 Å². The minimum atomic E-state index is -0.925. The zero-order valence-corrected chi connectivity index (χ0v) is 7.72. The van der Waals surface area contributed by atoms with Crippen LogP contribution in [0.15, 0.2) is 0 Å². The number of hydrogen-bond donors (Lipinski definition) is 1. The first kappa shape index (κ1) is 8.49.